The molecule has 0 aliphatic rings. The lowest BCUT2D eigenvalue weighted by Crippen LogP contribution is -2.13. The Labute approximate surface area is 93.6 Å². The number of allylic oxidation sites excluding steroid dienone is 2. The Balaban J connectivity index is 2.98. The molecule has 0 bridgehead atoms. The standard InChI is InChI=1S/C9H7F3N2O3/c1-17-8-2-5(13-4-14-8)6(15)3-7(16)9(10,11)12/h2-4,16H,1H3/b7-3-. The Hall–Kier alpha value is -2.12. The second-order valence-corrected chi connectivity index (χ2v) is 2.84. The predicted octanol–water partition coefficient (Wildman–Crippen LogP) is 1.67. The fourth-order valence-corrected chi connectivity index (χ4v) is 0.866. The van der Waals surface area contributed by atoms with Crippen LogP contribution in [0.2, 0.25) is 0 Å². The number of aliphatic hydroxyl groups excluding tert-OH is 1. The van der Waals surface area contributed by atoms with E-state index in [1.807, 2.05) is 0 Å². The average Bonchev–Trinajstić information content (AvgIpc) is 2.27. The summed E-state index contributed by atoms with van der Waals surface area (Å²) in [4.78, 5) is 18.3. The van der Waals surface area contributed by atoms with Crippen LogP contribution < -0.4 is 4.74 Å². The van der Waals surface area contributed by atoms with Gasteiger partial charge < -0.3 is 9.84 Å². The highest BCUT2D eigenvalue weighted by atomic mass is 19.4. The van der Waals surface area contributed by atoms with Crippen LogP contribution in [0.1, 0.15) is 10.5 Å². The van der Waals surface area contributed by atoms with Gasteiger partial charge in [-0.1, -0.05) is 0 Å². The first kappa shape index (κ1) is 12.9. The van der Waals surface area contributed by atoms with Gasteiger partial charge in [-0.05, 0) is 0 Å². The molecule has 1 heterocycles. The van der Waals surface area contributed by atoms with Crippen molar-refractivity contribution >= 4 is 5.78 Å². The van der Waals surface area contributed by atoms with Gasteiger partial charge in [0.1, 0.15) is 12.0 Å². The summed E-state index contributed by atoms with van der Waals surface area (Å²) in [6.07, 6.45) is -3.96. The first-order chi connectivity index (χ1) is 7.84. The molecule has 0 spiro atoms. The zero-order valence-corrected chi connectivity index (χ0v) is 8.52. The normalized spacial score (nSPS) is 12.4. The summed E-state index contributed by atoms with van der Waals surface area (Å²) in [6.45, 7) is 0. The second kappa shape index (κ2) is 4.81. The summed E-state index contributed by atoms with van der Waals surface area (Å²) in [5.41, 5.74) is -0.312. The first-order valence-electron chi connectivity index (χ1n) is 4.23. The molecule has 0 atom stereocenters. The summed E-state index contributed by atoms with van der Waals surface area (Å²) in [5.74, 6) is -3.05. The third-order valence-corrected chi connectivity index (χ3v) is 1.66. The van der Waals surface area contributed by atoms with Crippen molar-refractivity contribution in [2.45, 2.75) is 6.18 Å². The molecule has 0 amide bonds. The number of carbonyl (C=O) groups excluding carboxylic acids is 1. The third-order valence-electron chi connectivity index (χ3n) is 1.66. The summed E-state index contributed by atoms with van der Waals surface area (Å²) in [5, 5.41) is 8.58. The van der Waals surface area contributed by atoms with Crippen molar-refractivity contribution in [3.05, 3.63) is 29.9 Å². The zero-order valence-electron chi connectivity index (χ0n) is 8.52. The molecule has 92 valence electrons. The van der Waals surface area contributed by atoms with Gasteiger partial charge in [0.15, 0.2) is 0 Å². The lowest BCUT2D eigenvalue weighted by Gasteiger charge is -2.04. The minimum atomic E-state index is -4.97. The maximum Gasteiger partial charge on any atom is 0.448 e. The van der Waals surface area contributed by atoms with Crippen LogP contribution in [0.15, 0.2) is 24.2 Å². The van der Waals surface area contributed by atoms with Crippen LogP contribution in [-0.4, -0.2) is 34.1 Å². The van der Waals surface area contributed by atoms with E-state index in [2.05, 4.69) is 14.7 Å². The van der Waals surface area contributed by atoms with E-state index < -0.39 is 17.7 Å². The molecule has 0 aliphatic carbocycles. The van der Waals surface area contributed by atoms with Crippen molar-refractivity contribution in [3.8, 4) is 5.88 Å². The topological polar surface area (TPSA) is 72.3 Å². The molecule has 0 aromatic carbocycles. The lowest BCUT2D eigenvalue weighted by molar-refractivity contribution is -0.120. The fraction of sp³-hybridized carbons (Fsp3) is 0.222. The van der Waals surface area contributed by atoms with Crippen molar-refractivity contribution in [2.24, 2.45) is 0 Å². The Kier molecular flexibility index (Phi) is 3.66. The Morgan fingerprint density at radius 1 is 1.47 bits per heavy atom. The summed E-state index contributed by atoms with van der Waals surface area (Å²) < 4.78 is 40.5. The maximum atomic E-state index is 11.9. The predicted molar refractivity (Wildman–Crippen MR) is 49.7 cm³/mol. The van der Waals surface area contributed by atoms with E-state index in [-0.39, 0.29) is 17.6 Å². The molecule has 8 heteroatoms. The van der Waals surface area contributed by atoms with Crippen LogP contribution in [0.4, 0.5) is 13.2 Å². The largest absolute Gasteiger partial charge is 0.504 e. The number of aliphatic hydroxyl groups is 1. The quantitative estimate of drug-likeness (QED) is 0.500. The van der Waals surface area contributed by atoms with Gasteiger partial charge in [-0.25, -0.2) is 9.97 Å². The summed E-state index contributed by atoms with van der Waals surface area (Å²) in [7, 11) is 1.28. The minimum Gasteiger partial charge on any atom is -0.504 e. The van der Waals surface area contributed by atoms with Crippen molar-refractivity contribution in [2.75, 3.05) is 7.11 Å². The number of methoxy groups -OCH3 is 1. The highest BCUT2D eigenvalue weighted by Crippen LogP contribution is 2.23. The molecule has 5 nitrogen and oxygen atoms in total. The highest BCUT2D eigenvalue weighted by Gasteiger charge is 2.34. The SMILES string of the molecule is COc1cc(C(=O)/C=C(\O)C(F)(F)F)ncn1. The van der Waals surface area contributed by atoms with E-state index in [0.717, 1.165) is 12.4 Å². The van der Waals surface area contributed by atoms with Crippen LogP contribution in [0.3, 0.4) is 0 Å². The van der Waals surface area contributed by atoms with Gasteiger partial charge in [0, 0.05) is 12.1 Å². The van der Waals surface area contributed by atoms with E-state index in [1.54, 1.807) is 0 Å². The van der Waals surface area contributed by atoms with Gasteiger partial charge in [0.05, 0.1) is 7.11 Å². The molecule has 17 heavy (non-hydrogen) atoms. The van der Waals surface area contributed by atoms with Crippen molar-refractivity contribution < 1.29 is 27.8 Å². The smallest absolute Gasteiger partial charge is 0.448 e. The van der Waals surface area contributed by atoms with Crippen LogP contribution in [0.25, 0.3) is 0 Å². The van der Waals surface area contributed by atoms with Gasteiger partial charge in [-0.2, -0.15) is 13.2 Å². The van der Waals surface area contributed by atoms with Crippen LogP contribution >= 0.6 is 0 Å². The van der Waals surface area contributed by atoms with Crippen LogP contribution in [0, 0.1) is 0 Å². The van der Waals surface area contributed by atoms with E-state index in [9.17, 15) is 18.0 Å². The van der Waals surface area contributed by atoms with Crippen molar-refractivity contribution in [3.63, 3.8) is 0 Å². The Morgan fingerprint density at radius 3 is 2.65 bits per heavy atom. The Bertz CT molecular complexity index is 457. The maximum absolute atomic E-state index is 11.9. The average molecular weight is 248 g/mol. The van der Waals surface area contributed by atoms with E-state index in [1.165, 1.54) is 7.11 Å². The number of alkyl halides is 3. The number of nitrogens with zero attached hydrogens (tertiary/aromatic N) is 2. The number of ether oxygens (including phenoxy) is 1. The zero-order chi connectivity index (χ0) is 13.1. The molecule has 1 rings (SSSR count). The summed E-state index contributed by atoms with van der Waals surface area (Å²) in [6, 6.07) is 1.06. The monoisotopic (exact) mass is 248 g/mol. The number of aromatic nitrogens is 2. The molecule has 0 unspecified atom stereocenters. The highest BCUT2D eigenvalue weighted by molar-refractivity contribution is 6.03. The number of halogens is 3. The molecule has 1 aromatic heterocycles. The van der Waals surface area contributed by atoms with E-state index in [0.29, 0.717) is 0 Å². The van der Waals surface area contributed by atoms with E-state index in [4.69, 9.17) is 5.11 Å². The summed E-state index contributed by atoms with van der Waals surface area (Å²) >= 11 is 0. The molecule has 0 radical (unpaired) electrons. The number of ketones is 1. The number of hydrogen-bond acceptors (Lipinski definition) is 5. The van der Waals surface area contributed by atoms with Gasteiger partial charge in [0.25, 0.3) is 0 Å². The molecule has 0 aliphatic heterocycles. The van der Waals surface area contributed by atoms with Gasteiger partial charge in [-0.3, -0.25) is 4.79 Å². The third kappa shape index (κ3) is 3.44. The molecule has 1 N–H and O–H groups in total. The molecular weight excluding hydrogens is 241 g/mol. The molecule has 0 saturated heterocycles. The fourth-order valence-electron chi connectivity index (χ4n) is 0.866. The molecule has 1 aromatic rings. The molecule has 0 saturated carbocycles. The Morgan fingerprint density at radius 2 is 2.12 bits per heavy atom. The van der Waals surface area contributed by atoms with Gasteiger partial charge in [0.2, 0.25) is 17.4 Å². The minimum absolute atomic E-state index is 0.0308. The number of hydrogen-bond donors (Lipinski definition) is 1. The van der Waals surface area contributed by atoms with Crippen molar-refractivity contribution in [1.29, 1.82) is 0 Å². The van der Waals surface area contributed by atoms with Crippen LogP contribution in [0.5, 0.6) is 5.88 Å². The van der Waals surface area contributed by atoms with Crippen LogP contribution in [-0.2, 0) is 0 Å². The lowest BCUT2D eigenvalue weighted by atomic mass is 10.2. The first-order valence-corrected chi connectivity index (χ1v) is 4.23. The van der Waals surface area contributed by atoms with Gasteiger partial charge in [-0.15, -0.1) is 0 Å². The molecular formula is C9H7F3N2O3. The number of carbonyl (C=O) groups is 1. The second-order valence-electron chi connectivity index (χ2n) is 2.84. The molecule has 0 fully saturated rings. The van der Waals surface area contributed by atoms with Crippen molar-refractivity contribution in [1.82, 2.24) is 9.97 Å². The number of rotatable bonds is 3. The van der Waals surface area contributed by atoms with E-state index >= 15 is 0 Å². The van der Waals surface area contributed by atoms with Gasteiger partial charge >= 0.3 is 6.18 Å².